The minimum Gasteiger partial charge on any atom is -0.462 e. The average Bonchev–Trinajstić information content (AvgIpc) is 3.42. The second-order valence-corrected chi connectivity index (χ2v) is 9.96. The van der Waals surface area contributed by atoms with Crippen LogP contribution in [0.4, 0.5) is 10.7 Å². The van der Waals surface area contributed by atoms with Crippen LogP contribution in [0.2, 0.25) is 0 Å². The second-order valence-electron chi connectivity index (χ2n) is 8.94. The maximum absolute atomic E-state index is 13.1. The zero-order valence-corrected chi connectivity index (χ0v) is 20.4. The number of rotatable bonds is 7. The molecule has 2 N–H and O–H groups in total. The molecule has 2 fully saturated rings. The summed E-state index contributed by atoms with van der Waals surface area (Å²) in [7, 11) is 0. The van der Waals surface area contributed by atoms with E-state index in [1.807, 2.05) is 32.0 Å². The smallest absolute Gasteiger partial charge is 0.341 e. The van der Waals surface area contributed by atoms with E-state index in [1.54, 1.807) is 13.8 Å². The van der Waals surface area contributed by atoms with Crippen molar-refractivity contribution < 1.29 is 19.1 Å². The van der Waals surface area contributed by atoms with E-state index >= 15 is 0 Å². The molecular weight excluding hydrogens is 438 g/mol. The van der Waals surface area contributed by atoms with Gasteiger partial charge in [-0.05, 0) is 70.6 Å². The van der Waals surface area contributed by atoms with E-state index in [2.05, 4.69) is 15.5 Å². The van der Waals surface area contributed by atoms with E-state index < -0.39 is 5.97 Å². The number of benzene rings is 1. The molecule has 2 aromatic rings. The highest BCUT2D eigenvalue weighted by Gasteiger charge is 2.40. The maximum atomic E-state index is 13.1. The van der Waals surface area contributed by atoms with Gasteiger partial charge in [-0.25, -0.2) is 4.79 Å². The number of ether oxygens (including phenoxy) is 1. The predicted octanol–water partition coefficient (Wildman–Crippen LogP) is 4.67. The molecular formula is C25H31N3O4S. The molecule has 4 rings (SSSR count). The summed E-state index contributed by atoms with van der Waals surface area (Å²) in [5.41, 5.74) is 3.55. The zero-order chi connectivity index (χ0) is 23.7. The second kappa shape index (κ2) is 9.65. The van der Waals surface area contributed by atoms with Gasteiger partial charge in [-0.15, -0.1) is 11.3 Å². The van der Waals surface area contributed by atoms with Crippen molar-refractivity contribution in [3.05, 3.63) is 45.3 Å². The molecule has 7 nitrogen and oxygen atoms in total. The minimum absolute atomic E-state index is 0.165. The van der Waals surface area contributed by atoms with Crippen LogP contribution >= 0.6 is 11.3 Å². The summed E-state index contributed by atoms with van der Waals surface area (Å²) < 4.78 is 5.23. The number of fused-ring (bicyclic) bond motifs is 2. The van der Waals surface area contributed by atoms with Crippen molar-refractivity contribution in [2.75, 3.05) is 23.8 Å². The first-order chi connectivity index (χ1) is 15.8. The third-order valence-electron chi connectivity index (χ3n) is 6.65. The number of aryl methyl sites for hydroxylation is 2. The molecule has 0 atom stereocenters. The van der Waals surface area contributed by atoms with Crippen LogP contribution in [0.3, 0.4) is 0 Å². The van der Waals surface area contributed by atoms with Gasteiger partial charge in [0.25, 0.3) is 5.91 Å². The Morgan fingerprint density at radius 2 is 1.73 bits per heavy atom. The van der Waals surface area contributed by atoms with Crippen LogP contribution in [-0.4, -0.2) is 47.9 Å². The molecule has 1 aromatic heterocycles. The SMILES string of the molecule is CCOC(=O)c1c(NC(=O)CN2C3CCC2CC3)sc(C(=O)Nc2ccc(C)cc2C)c1C. The maximum Gasteiger partial charge on any atom is 0.341 e. The highest BCUT2D eigenvalue weighted by atomic mass is 32.1. The van der Waals surface area contributed by atoms with Gasteiger partial charge < -0.3 is 15.4 Å². The molecule has 33 heavy (non-hydrogen) atoms. The standard InChI is InChI=1S/C25H31N3O4S/c1-5-32-25(31)21-16(4)22(23(30)26-19-11-6-14(2)12-15(19)3)33-24(21)27-20(29)13-28-17-7-8-18(28)10-9-17/h6,11-12,17-18H,5,7-10,13H2,1-4H3,(H,26,30)(H,27,29). The van der Waals surface area contributed by atoms with Crippen LogP contribution < -0.4 is 10.6 Å². The molecule has 2 amide bonds. The molecule has 2 aliphatic rings. The number of esters is 1. The zero-order valence-electron chi connectivity index (χ0n) is 19.6. The fourth-order valence-electron chi connectivity index (χ4n) is 5.01. The van der Waals surface area contributed by atoms with Gasteiger partial charge in [0.1, 0.15) is 5.00 Å². The van der Waals surface area contributed by atoms with Crippen LogP contribution in [-0.2, 0) is 9.53 Å². The first kappa shape index (κ1) is 23.4. The lowest BCUT2D eigenvalue weighted by Crippen LogP contribution is -2.36. The molecule has 0 aliphatic carbocycles. The van der Waals surface area contributed by atoms with Crippen molar-refractivity contribution in [3.63, 3.8) is 0 Å². The van der Waals surface area contributed by atoms with E-state index in [1.165, 1.54) is 0 Å². The van der Waals surface area contributed by atoms with Gasteiger partial charge in [0, 0.05) is 17.8 Å². The molecule has 8 heteroatoms. The molecule has 3 heterocycles. The molecule has 2 bridgehead atoms. The van der Waals surface area contributed by atoms with Gasteiger partial charge in [0.05, 0.1) is 23.6 Å². The van der Waals surface area contributed by atoms with Gasteiger partial charge in [-0.2, -0.15) is 0 Å². The summed E-state index contributed by atoms with van der Waals surface area (Å²) in [5, 5.41) is 6.21. The molecule has 0 radical (unpaired) electrons. The lowest BCUT2D eigenvalue weighted by molar-refractivity contribution is -0.117. The first-order valence-corrected chi connectivity index (χ1v) is 12.3. The Kier molecular flexibility index (Phi) is 6.86. The molecule has 176 valence electrons. The quantitative estimate of drug-likeness (QED) is 0.576. The number of nitrogens with zero attached hydrogens (tertiary/aromatic N) is 1. The number of anilines is 2. The van der Waals surface area contributed by atoms with Gasteiger partial charge in [-0.1, -0.05) is 17.7 Å². The van der Waals surface area contributed by atoms with E-state index in [4.69, 9.17) is 4.74 Å². The molecule has 2 aliphatic heterocycles. The van der Waals surface area contributed by atoms with Crippen LogP contribution in [0.1, 0.15) is 69.3 Å². The summed E-state index contributed by atoms with van der Waals surface area (Å²) in [4.78, 5) is 41.3. The fourth-order valence-corrected chi connectivity index (χ4v) is 6.12. The summed E-state index contributed by atoms with van der Waals surface area (Å²) >= 11 is 1.12. The Bertz CT molecular complexity index is 1070. The topological polar surface area (TPSA) is 87.7 Å². The van der Waals surface area contributed by atoms with Crippen molar-refractivity contribution >= 4 is 39.8 Å². The number of hydrogen-bond acceptors (Lipinski definition) is 6. The largest absolute Gasteiger partial charge is 0.462 e. The summed E-state index contributed by atoms with van der Waals surface area (Å²) in [6, 6.07) is 6.76. The van der Waals surface area contributed by atoms with Crippen LogP contribution in [0.5, 0.6) is 0 Å². The highest BCUT2D eigenvalue weighted by Crippen LogP contribution is 2.38. The summed E-state index contributed by atoms with van der Waals surface area (Å²) in [5.74, 6) is -1.01. The Hall–Kier alpha value is -2.71. The number of amides is 2. The van der Waals surface area contributed by atoms with Crippen molar-refractivity contribution in [2.24, 2.45) is 0 Å². The Morgan fingerprint density at radius 3 is 2.33 bits per heavy atom. The van der Waals surface area contributed by atoms with Crippen molar-refractivity contribution in [3.8, 4) is 0 Å². The van der Waals surface area contributed by atoms with E-state index in [9.17, 15) is 14.4 Å². The number of thiophene rings is 1. The third-order valence-corrected chi connectivity index (χ3v) is 7.85. The third kappa shape index (κ3) is 4.82. The monoisotopic (exact) mass is 469 g/mol. The van der Waals surface area contributed by atoms with E-state index in [0.29, 0.717) is 39.8 Å². The molecule has 2 saturated heterocycles. The lowest BCUT2D eigenvalue weighted by atomic mass is 10.0. The molecule has 0 unspecified atom stereocenters. The average molecular weight is 470 g/mol. The Morgan fingerprint density at radius 1 is 1.06 bits per heavy atom. The number of carbonyl (C=O) groups is 3. The first-order valence-electron chi connectivity index (χ1n) is 11.5. The Labute approximate surface area is 198 Å². The number of carbonyl (C=O) groups excluding carboxylic acids is 3. The summed E-state index contributed by atoms with van der Waals surface area (Å²) in [6.45, 7) is 7.90. The number of nitrogens with one attached hydrogen (secondary N) is 2. The van der Waals surface area contributed by atoms with Crippen molar-refractivity contribution in [1.29, 1.82) is 0 Å². The summed E-state index contributed by atoms with van der Waals surface area (Å²) in [6.07, 6.45) is 4.58. The van der Waals surface area contributed by atoms with E-state index in [-0.39, 0.29) is 24.0 Å². The van der Waals surface area contributed by atoms with Crippen molar-refractivity contribution in [2.45, 2.75) is 65.5 Å². The normalized spacial score (nSPS) is 19.5. The van der Waals surface area contributed by atoms with Crippen LogP contribution in [0.25, 0.3) is 0 Å². The van der Waals surface area contributed by atoms with Gasteiger partial charge >= 0.3 is 5.97 Å². The fraction of sp³-hybridized carbons (Fsp3) is 0.480. The highest BCUT2D eigenvalue weighted by molar-refractivity contribution is 7.19. The number of hydrogen-bond donors (Lipinski definition) is 2. The van der Waals surface area contributed by atoms with Gasteiger partial charge in [0.15, 0.2) is 0 Å². The van der Waals surface area contributed by atoms with E-state index in [0.717, 1.165) is 48.1 Å². The van der Waals surface area contributed by atoms with Gasteiger partial charge in [0.2, 0.25) is 5.91 Å². The Balaban J connectivity index is 1.56. The van der Waals surface area contributed by atoms with Gasteiger partial charge in [-0.3, -0.25) is 14.5 Å². The molecule has 0 saturated carbocycles. The van der Waals surface area contributed by atoms with Crippen LogP contribution in [0, 0.1) is 20.8 Å². The molecule has 0 spiro atoms. The van der Waals surface area contributed by atoms with Crippen molar-refractivity contribution in [1.82, 2.24) is 4.90 Å². The van der Waals surface area contributed by atoms with Crippen LogP contribution in [0.15, 0.2) is 18.2 Å². The molecule has 1 aromatic carbocycles. The minimum atomic E-state index is -0.534. The predicted molar refractivity (Wildman–Crippen MR) is 130 cm³/mol. The lowest BCUT2D eigenvalue weighted by Gasteiger charge is -2.20.